The fraction of sp³-hybridized carbons (Fsp3) is 1.00. The van der Waals surface area contributed by atoms with Gasteiger partial charge in [0.05, 0.1) is 6.61 Å². The number of aliphatic hydroxyl groups excluding tert-OH is 1. The van der Waals surface area contributed by atoms with E-state index in [-0.39, 0.29) is 12.6 Å². The molecular formula is C3H10BNO. The molecule has 0 aliphatic rings. The second kappa shape index (κ2) is 3.19. The maximum atomic E-state index is 8.27. The molecule has 0 unspecified atom stereocenters. The van der Waals surface area contributed by atoms with Crippen molar-refractivity contribution in [2.24, 2.45) is 0 Å². The van der Waals surface area contributed by atoms with Crippen molar-refractivity contribution in [3.63, 3.8) is 0 Å². The van der Waals surface area contributed by atoms with Crippen LogP contribution in [0.2, 0.25) is 0 Å². The Balaban J connectivity index is 2.75. The van der Waals surface area contributed by atoms with Gasteiger partial charge in [-0.3, -0.25) is 0 Å². The van der Waals surface area contributed by atoms with Crippen LogP contribution in [0.3, 0.4) is 0 Å². The Hall–Kier alpha value is -0.0151. The lowest BCUT2D eigenvalue weighted by atomic mass is 10.3. The fourth-order valence-electron chi connectivity index (χ4n) is 0.0913. The van der Waals surface area contributed by atoms with Gasteiger partial charge in [-0.15, -0.1) is 0 Å². The Kier molecular flexibility index (Phi) is 3.18. The second-order valence-corrected chi connectivity index (χ2v) is 1.37. The van der Waals surface area contributed by atoms with Crippen molar-refractivity contribution in [2.45, 2.75) is 13.0 Å². The summed E-state index contributed by atoms with van der Waals surface area (Å²) in [5.41, 5.74) is 0. The molecule has 0 rings (SSSR count). The van der Waals surface area contributed by atoms with Crippen LogP contribution in [0.5, 0.6) is 0 Å². The zero-order valence-corrected chi connectivity index (χ0v) is 4.23. The summed E-state index contributed by atoms with van der Waals surface area (Å²) in [6, 6.07) is 0.241. The quantitative estimate of drug-likeness (QED) is 0.402. The minimum absolute atomic E-state index is 0.219. The predicted octanol–water partition coefficient (Wildman–Crippen LogP) is -1.50. The first-order valence-electron chi connectivity index (χ1n) is 2.09. The number of hydrogen-bond donors (Lipinski definition) is 2. The van der Waals surface area contributed by atoms with E-state index in [0.29, 0.717) is 0 Å². The first-order chi connectivity index (χ1) is 2.81. The summed E-state index contributed by atoms with van der Waals surface area (Å²) in [6.45, 7) is 2.14. The molecule has 6 heavy (non-hydrogen) atoms. The van der Waals surface area contributed by atoms with Crippen LogP contribution in [-0.2, 0) is 0 Å². The van der Waals surface area contributed by atoms with Gasteiger partial charge >= 0.3 is 0 Å². The lowest BCUT2D eigenvalue weighted by Crippen LogP contribution is -2.26. The van der Waals surface area contributed by atoms with E-state index in [2.05, 4.69) is 5.23 Å². The smallest absolute Gasteiger partial charge is 0.182 e. The SMILES string of the molecule is BN[C@H](C)CO. The summed E-state index contributed by atoms with van der Waals surface area (Å²) in [5.74, 6) is 0. The van der Waals surface area contributed by atoms with Crippen molar-refractivity contribution in [3.8, 4) is 0 Å². The van der Waals surface area contributed by atoms with E-state index < -0.39 is 0 Å². The van der Waals surface area contributed by atoms with Gasteiger partial charge in [0.1, 0.15) is 0 Å². The monoisotopic (exact) mass is 87.1 g/mol. The molecule has 0 aromatic rings. The van der Waals surface area contributed by atoms with Crippen LogP contribution < -0.4 is 5.23 Å². The molecular weight excluding hydrogens is 76.9 g/mol. The Labute approximate surface area is 39.0 Å². The van der Waals surface area contributed by atoms with Gasteiger partial charge in [0.25, 0.3) is 0 Å². The van der Waals surface area contributed by atoms with Crippen LogP contribution in [0.1, 0.15) is 6.92 Å². The van der Waals surface area contributed by atoms with Crippen molar-refractivity contribution < 1.29 is 5.11 Å². The number of rotatable bonds is 2. The van der Waals surface area contributed by atoms with Gasteiger partial charge < -0.3 is 10.3 Å². The molecule has 0 aromatic carbocycles. The topological polar surface area (TPSA) is 32.3 Å². The van der Waals surface area contributed by atoms with Crippen LogP contribution >= 0.6 is 0 Å². The van der Waals surface area contributed by atoms with Crippen molar-refractivity contribution in [1.82, 2.24) is 5.23 Å². The van der Waals surface area contributed by atoms with Crippen molar-refractivity contribution >= 4 is 7.98 Å². The van der Waals surface area contributed by atoms with Crippen molar-refractivity contribution in [3.05, 3.63) is 0 Å². The standard InChI is InChI=1S/C3H10BNO/c1-3(2-6)5-4/h3,5-6H,2,4H2,1H3/t3-/m1/s1. The Morgan fingerprint density at radius 3 is 2.50 bits per heavy atom. The summed E-state index contributed by atoms with van der Waals surface area (Å²) in [4.78, 5) is 0. The zero-order chi connectivity index (χ0) is 4.99. The maximum absolute atomic E-state index is 8.27. The van der Waals surface area contributed by atoms with Crippen LogP contribution in [-0.4, -0.2) is 25.7 Å². The summed E-state index contributed by atoms with van der Waals surface area (Å²) in [7, 11) is 1.82. The van der Waals surface area contributed by atoms with E-state index in [0.717, 1.165) is 0 Å². The molecule has 0 heterocycles. The van der Waals surface area contributed by atoms with Crippen molar-refractivity contribution in [2.75, 3.05) is 6.61 Å². The molecule has 0 saturated heterocycles. The van der Waals surface area contributed by atoms with Gasteiger partial charge in [-0.05, 0) is 6.92 Å². The number of nitrogens with one attached hydrogen (secondary N) is 1. The third-order valence-electron chi connectivity index (χ3n) is 0.767. The molecule has 1 atom stereocenters. The molecule has 0 aromatic heterocycles. The molecule has 3 heteroatoms. The summed E-state index contributed by atoms with van der Waals surface area (Å²) < 4.78 is 0. The van der Waals surface area contributed by atoms with E-state index in [1.165, 1.54) is 0 Å². The van der Waals surface area contributed by atoms with Gasteiger partial charge in [-0.1, -0.05) is 0 Å². The van der Waals surface area contributed by atoms with E-state index in [1.807, 2.05) is 14.9 Å². The second-order valence-electron chi connectivity index (χ2n) is 1.37. The highest BCUT2D eigenvalue weighted by Crippen LogP contribution is 1.69. The van der Waals surface area contributed by atoms with Gasteiger partial charge in [0.15, 0.2) is 7.98 Å². The molecule has 0 radical (unpaired) electrons. The molecule has 2 N–H and O–H groups in total. The largest absolute Gasteiger partial charge is 0.395 e. The van der Waals surface area contributed by atoms with Crippen LogP contribution in [0.25, 0.3) is 0 Å². The average Bonchev–Trinajstić information content (AvgIpc) is 1.65. The first kappa shape index (κ1) is 5.98. The molecule has 0 bridgehead atoms. The van der Waals surface area contributed by atoms with E-state index in [4.69, 9.17) is 5.11 Å². The minimum Gasteiger partial charge on any atom is -0.395 e. The Morgan fingerprint density at radius 1 is 2.00 bits per heavy atom. The average molecular weight is 86.9 g/mol. The third kappa shape index (κ3) is 2.24. The lowest BCUT2D eigenvalue weighted by Gasteiger charge is -2.01. The summed E-state index contributed by atoms with van der Waals surface area (Å²) in [5, 5.41) is 11.1. The van der Waals surface area contributed by atoms with E-state index >= 15 is 0 Å². The van der Waals surface area contributed by atoms with Gasteiger partial charge in [-0.25, -0.2) is 0 Å². The van der Waals surface area contributed by atoms with Gasteiger partial charge in [-0.2, -0.15) is 0 Å². The summed E-state index contributed by atoms with van der Waals surface area (Å²) in [6.07, 6.45) is 0. The zero-order valence-electron chi connectivity index (χ0n) is 4.23. The van der Waals surface area contributed by atoms with E-state index in [9.17, 15) is 0 Å². The highest BCUT2D eigenvalue weighted by Gasteiger charge is 1.88. The Morgan fingerprint density at radius 2 is 2.50 bits per heavy atom. The Bertz CT molecular complexity index is 30.0. The minimum atomic E-state index is 0.219. The molecule has 0 aliphatic heterocycles. The summed E-state index contributed by atoms with van der Waals surface area (Å²) >= 11 is 0. The molecule has 0 amide bonds. The molecule has 0 fully saturated rings. The normalized spacial score (nSPS) is 14.3. The van der Waals surface area contributed by atoms with Gasteiger partial charge in [0.2, 0.25) is 0 Å². The lowest BCUT2D eigenvalue weighted by molar-refractivity contribution is 0.266. The molecule has 36 valence electrons. The number of aliphatic hydroxyl groups is 1. The molecule has 0 spiro atoms. The molecule has 0 saturated carbocycles. The highest BCUT2D eigenvalue weighted by atomic mass is 16.3. The van der Waals surface area contributed by atoms with Crippen LogP contribution in [0.15, 0.2) is 0 Å². The third-order valence-corrected chi connectivity index (χ3v) is 0.767. The maximum Gasteiger partial charge on any atom is 0.182 e. The molecule has 0 aliphatic carbocycles. The predicted molar refractivity (Wildman–Crippen MR) is 28.2 cm³/mol. The fourth-order valence-corrected chi connectivity index (χ4v) is 0.0913. The van der Waals surface area contributed by atoms with Crippen molar-refractivity contribution in [1.29, 1.82) is 0 Å². The van der Waals surface area contributed by atoms with Crippen LogP contribution in [0.4, 0.5) is 0 Å². The number of hydrogen-bond acceptors (Lipinski definition) is 2. The first-order valence-corrected chi connectivity index (χ1v) is 2.09. The molecule has 2 nitrogen and oxygen atoms in total. The van der Waals surface area contributed by atoms with E-state index in [1.54, 1.807) is 0 Å². The van der Waals surface area contributed by atoms with Gasteiger partial charge in [0, 0.05) is 6.04 Å². The highest BCUT2D eigenvalue weighted by molar-refractivity contribution is 6.04. The van der Waals surface area contributed by atoms with Crippen LogP contribution in [0, 0.1) is 0 Å².